The lowest BCUT2D eigenvalue weighted by Crippen LogP contribution is -2.19. The van der Waals surface area contributed by atoms with Crippen LogP contribution in [0.4, 0.5) is 0 Å². The van der Waals surface area contributed by atoms with Gasteiger partial charge in [0, 0.05) is 22.5 Å². The van der Waals surface area contributed by atoms with Crippen LogP contribution in [0.3, 0.4) is 0 Å². The summed E-state index contributed by atoms with van der Waals surface area (Å²) in [6, 6.07) is 6.07. The van der Waals surface area contributed by atoms with Crippen LogP contribution in [-0.2, 0) is 17.9 Å². The van der Waals surface area contributed by atoms with E-state index in [0.717, 1.165) is 39.9 Å². The quantitative estimate of drug-likeness (QED) is 0.868. The average Bonchev–Trinajstić information content (AvgIpc) is 2.68. The molecule has 0 saturated heterocycles. The van der Waals surface area contributed by atoms with Gasteiger partial charge in [-0.3, -0.25) is 0 Å². The lowest BCUT2D eigenvalue weighted by atomic mass is 10.1. The smallest absolute Gasteiger partial charge is 0.134 e. The molecule has 0 saturated carbocycles. The molecule has 104 valence electrons. The van der Waals surface area contributed by atoms with Crippen LogP contribution in [-0.4, -0.2) is 13.7 Å². The second kappa shape index (κ2) is 6.55. The zero-order chi connectivity index (χ0) is 13.8. The summed E-state index contributed by atoms with van der Waals surface area (Å²) in [5.41, 5.74) is 2.05. The van der Waals surface area contributed by atoms with Gasteiger partial charge in [0.2, 0.25) is 0 Å². The maximum Gasteiger partial charge on any atom is 0.134 e. The minimum absolute atomic E-state index is 0.572. The lowest BCUT2D eigenvalue weighted by molar-refractivity contribution is 0.183. The molecular weight excluding hydrogens is 306 g/mol. The molecule has 0 radical (unpaired) electrons. The van der Waals surface area contributed by atoms with E-state index in [9.17, 15) is 0 Å². The predicted octanol–water partition coefficient (Wildman–Crippen LogP) is 4.09. The van der Waals surface area contributed by atoms with E-state index < -0.39 is 0 Å². The van der Waals surface area contributed by atoms with E-state index in [-0.39, 0.29) is 0 Å². The molecule has 19 heavy (non-hydrogen) atoms. The van der Waals surface area contributed by atoms with Crippen molar-refractivity contribution in [2.75, 3.05) is 13.7 Å². The Morgan fingerprint density at radius 3 is 2.84 bits per heavy atom. The van der Waals surface area contributed by atoms with Gasteiger partial charge in [-0.1, -0.05) is 29.8 Å². The summed E-state index contributed by atoms with van der Waals surface area (Å²) in [6.45, 7) is 6.68. The highest BCUT2D eigenvalue weighted by Crippen LogP contribution is 2.29. The SMILES string of the molecule is COCc1c(CNCC(C)C)oc2ccc(Br)cc12. The fourth-order valence-corrected chi connectivity index (χ4v) is 2.45. The number of hydrogen-bond donors (Lipinski definition) is 1. The van der Waals surface area contributed by atoms with Crippen LogP contribution in [0.1, 0.15) is 25.2 Å². The summed E-state index contributed by atoms with van der Waals surface area (Å²) in [5.74, 6) is 1.60. The van der Waals surface area contributed by atoms with Gasteiger partial charge < -0.3 is 14.5 Å². The molecule has 0 unspecified atom stereocenters. The number of methoxy groups -OCH3 is 1. The van der Waals surface area contributed by atoms with Crippen molar-refractivity contribution in [3.63, 3.8) is 0 Å². The summed E-state index contributed by atoms with van der Waals surface area (Å²) in [5, 5.41) is 4.54. The monoisotopic (exact) mass is 325 g/mol. The van der Waals surface area contributed by atoms with Gasteiger partial charge in [0.1, 0.15) is 11.3 Å². The highest BCUT2D eigenvalue weighted by molar-refractivity contribution is 9.10. The van der Waals surface area contributed by atoms with E-state index in [2.05, 4.69) is 41.2 Å². The molecule has 0 amide bonds. The molecule has 1 aromatic heterocycles. The molecule has 0 bridgehead atoms. The molecule has 0 spiro atoms. The topological polar surface area (TPSA) is 34.4 Å². The number of nitrogens with one attached hydrogen (secondary N) is 1. The van der Waals surface area contributed by atoms with Crippen LogP contribution in [0.5, 0.6) is 0 Å². The molecule has 1 N–H and O–H groups in total. The summed E-state index contributed by atoms with van der Waals surface area (Å²) in [4.78, 5) is 0. The first-order valence-electron chi connectivity index (χ1n) is 6.51. The van der Waals surface area contributed by atoms with Crippen molar-refractivity contribution in [2.45, 2.75) is 27.0 Å². The fourth-order valence-electron chi connectivity index (χ4n) is 2.09. The normalized spacial score (nSPS) is 11.6. The molecule has 0 aliphatic rings. The van der Waals surface area contributed by atoms with E-state index in [1.54, 1.807) is 7.11 Å². The number of furan rings is 1. The van der Waals surface area contributed by atoms with Gasteiger partial charge in [0.05, 0.1) is 13.2 Å². The molecule has 0 atom stereocenters. The summed E-state index contributed by atoms with van der Waals surface area (Å²) >= 11 is 3.50. The zero-order valence-corrected chi connectivity index (χ0v) is 13.2. The second-order valence-electron chi connectivity index (χ2n) is 5.10. The number of rotatable bonds is 6. The Morgan fingerprint density at radius 1 is 1.37 bits per heavy atom. The number of ether oxygens (including phenoxy) is 1. The molecule has 2 rings (SSSR count). The first kappa shape index (κ1) is 14.6. The lowest BCUT2D eigenvalue weighted by Gasteiger charge is -2.07. The van der Waals surface area contributed by atoms with Gasteiger partial charge in [-0.15, -0.1) is 0 Å². The Bertz CT molecular complexity index is 548. The van der Waals surface area contributed by atoms with Crippen LogP contribution >= 0.6 is 15.9 Å². The Labute approximate surface area is 122 Å². The Morgan fingerprint density at radius 2 is 2.16 bits per heavy atom. The largest absolute Gasteiger partial charge is 0.459 e. The summed E-state index contributed by atoms with van der Waals surface area (Å²) in [7, 11) is 1.71. The summed E-state index contributed by atoms with van der Waals surface area (Å²) in [6.07, 6.45) is 0. The van der Waals surface area contributed by atoms with Crippen molar-refractivity contribution in [2.24, 2.45) is 5.92 Å². The number of benzene rings is 1. The maximum atomic E-state index is 5.93. The van der Waals surface area contributed by atoms with Gasteiger partial charge in [-0.25, -0.2) is 0 Å². The molecule has 0 aliphatic heterocycles. The molecule has 1 aromatic carbocycles. The molecular formula is C15H20BrNO2. The van der Waals surface area contributed by atoms with Gasteiger partial charge in [0.25, 0.3) is 0 Å². The molecule has 1 heterocycles. The van der Waals surface area contributed by atoms with Gasteiger partial charge in [-0.2, -0.15) is 0 Å². The molecule has 0 aliphatic carbocycles. The molecule has 0 fully saturated rings. The minimum atomic E-state index is 0.572. The van der Waals surface area contributed by atoms with Crippen molar-refractivity contribution in [1.82, 2.24) is 5.32 Å². The highest BCUT2D eigenvalue weighted by Gasteiger charge is 2.14. The minimum Gasteiger partial charge on any atom is -0.459 e. The molecule has 3 nitrogen and oxygen atoms in total. The highest BCUT2D eigenvalue weighted by atomic mass is 79.9. The van der Waals surface area contributed by atoms with Crippen molar-refractivity contribution in [1.29, 1.82) is 0 Å². The third kappa shape index (κ3) is 3.59. The standard InChI is InChI=1S/C15H20BrNO2/c1-10(2)7-17-8-15-13(9-18-3)12-6-11(16)4-5-14(12)19-15/h4-6,10,17H,7-9H2,1-3H3. The van der Waals surface area contributed by atoms with Crippen LogP contribution in [0.2, 0.25) is 0 Å². The van der Waals surface area contributed by atoms with Crippen LogP contribution in [0, 0.1) is 5.92 Å². The van der Waals surface area contributed by atoms with E-state index >= 15 is 0 Å². The van der Waals surface area contributed by atoms with Crippen molar-refractivity contribution in [3.05, 3.63) is 34.0 Å². The first-order valence-corrected chi connectivity index (χ1v) is 7.30. The third-order valence-electron chi connectivity index (χ3n) is 2.96. The third-order valence-corrected chi connectivity index (χ3v) is 3.46. The first-order chi connectivity index (χ1) is 9.11. The fraction of sp³-hybridized carbons (Fsp3) is 0.467. The van der Waals surface area contributed by atoms with Crippen LogP contribution < -0.4 is 5.32 Å². The number of hydrogen-bond acceptors (Lipinski definition) is 3. The Hall–Kier alpha value is -0.840. The predicted molar refractivity (Wildman–Crippen MR) is 81.2 cm³/mol. The van der Waals surface area contributed by atoms with Gasteiger partial charge >= 0.3 is 0 Å². The number of fused-ring (bicyclic) bond motifs is 1. The summed E-state index contributed by atoms with van der Waals surface area (Å²) < 4.78 is 12.3. The van der Waals surface area contributed by atoms with Crippen LogP contribution in [0.15, 0.2) is 27.1 Å². The Kier molecular flexibility index (Phi) is 5.02. The number of halogens is 1. The van der Waals surface area contributed by atoms with Crippen molar-refractivity contribution < 1.29 is 9.15 Å². The van der Waals surface area contributed by atoms with Gasteiger partial charge in [0.15, 0.2) is 0 Å². The van der Waals surface area contributed by atoms with Crippen molar-refractivity contribution in [3.8, 4) is 0 Å². The maximum absolute atomic E-state index is 5.93. The van der Waals surface area contributed by atoms with E-state index in [1.165, 1.54) is 0 Å². The van der Waals surface area contributed by atoms with E-state index in [0.29, 0.717) is 12.5 Å². The van der Waals surface area contributed by atoms with E-state index in [4.69, 9.17) is 9.15 Å². The average molecular weight is 326 g/mol. The van der Waals surface area contributed by atoms with Crippen molar-refractivity contribution >= 4 is 26.9 Å². The van der Waals surface area contributed by atoms with Gasteiger partial charge in [-0.05, 0) is 30.7 Å². The molecule has 4 heteroatoms. The van der Waals surface area contributed by atoms with E-state index in [1.807, 2.05) is 12.1 Å². The zero-order valence-electron chi connectivity index (χ0n) is 11.6. The Balaban J connectivity index is 2.28. The molecule has 2 aromatic rings. The van der Waals surface area contributed by atoms with Crippen LogP contribution in [0.25, 0.3) is 11.0 Å². The second-order valence-corrected chi connectivity index (χ2v) is 6.02.